The van der Waals surface area contributed by atoms with Gasteiger partial charge in [0.25, 0.3) is 5.91 Å². The summed E-state index contributed by atoms with van der Waals surface area (Å²) in [7, 11) is -3.74. The van der Waals surface area contributed by atoms with Crippen LogP contribution in [0.15, 0.2) is 23.1 Å². The molecule has 2 aliphatic heterocycles. The molecule has 7 nitrogen and oxygen atoms in total. The molecule has 2 fully saturated rings. The zero-order chi connectivity index (χ0) is 19.4. The number of amides is 2. The summed E-state index contributed by atoms with van der Waals surface area (Å²) in [5, 5.41) is 0.126. The van der Waals surface area contributed by atoms with Gasteiger partial charge < -0.3 is 9.80 Å². The number of halogens is 1. The van der Waals surface area contributed by atoms with Crippen LogP contribution < -0.4 is 0 Å². The predicted octanol–water partition coefficient (Wildman–Crippen LogP) is 1.82. The maximum Gasteiger partial charge on any atom is 0.254 e. The highest BCUT2D eigenvalue weighted by Crippen LogP contribution is 2.28. The van der Waals surface area contributed by atoms with Gasteiger partial charge in [0, 0.05) is 44.8 Å². The Hall–Kier alpha value is -1.64. The number of nitrogens with zero attached hydrogens (tertiary/aromatic N) is 3. The quantitative estimate of drug-likeness (QED) is 0.705. The van der Waals surface area contributed by atoms with Crippen LogP contribution in [0.1, 0.15) is 36.0 Å². The Morgan fingerprint density at radius 3 is 2.19 bits per heavy atom. The molecule has 1 aromatic carbocycles. The first kappa shape index (κ1) is 20.1. The summed E-state index contributed by atoms with van der Waals surface area (Å²) in [6.07, 6.45) is 4.47. The van der Waals surface area contributed by atoms with E-state index in [-0.39, 0.29) is 15.8 Å². The Bertz CT molecular complexity index is 799. The van der Waals surface area contributed by atoms with Crippen LogP contribution in [0.4, 0.5) is 0 Å². The predicted molar refractivity (Wildman–Crippen MR) is 102 cm³/mol. The molecular weight excluding hydrogens is 390 g/mol. The first-order chi connectivity index (χ1) is 12.9. The smallest absolute Gasteiger partial charge is 0.254 e. The minimum Gasteiger partial charge on any atom is -0.342 e. The van der Waals surface area contributed by atoms with Crippen LogP contribution in [0.2, 0.25) is 5.02 Å². The van der Waals surface area contributed by atoms with Crippen molar-refractivity contribution >= 4 is 33.9 Å². The molecule has 2 saturated heterocycles. The van der Waals surface area contributed by atoms with Gasteiger partial charge in [-0.2, -0.15) is 4.31 Å². The second kappa shape index (κ2) is 8.58. The Morgan fingerprint density at radius 2 is 1.59 bits per heavy atom. The van der Waals surface area contributed by atoms with E-state index in [0.29, 0.717) is 44.8 Å². The lowest BCUT2D eigenvalue weighted by Crippen LogP contribution is -2.48. The number of sulfonamides is 1. The molecule has 0 radical (unpaired) electrons. The van der Waals surface area contributed by atoms with Gasteiger partial charge in [0.1, 0.15) is 4.90 Å². The Morgan fingerprint density at radius 1 is 0.963 bits per heavy atom. The molecule has 0 N–H and O–H groups in total. The van der Waals surface area contributed by atoms with Crippen molar-refractivity contribution in [2.45, 2.75) is 30.6 Å². The van der Waals surface area contributed by atoms with Gasteiger partial charge in [-0.3, -0.25) is 9.59 Å². The monoisotopic (exact) mass is 413 g/mol. The van der Waals surface area contributed by atoms with Crippen molar-refractivity contribution in [3.63, 3.8) is 0 Å². The molecular formula is C18H24ClN3O4S. The van der Waals surface area contributed by atoms with Gasteiger partial charge in [0.05, 0.1) is 5.02 Å². The highest BCUT2D eigenvalue weighted by Gasteiger charge is 2.29. The van der Waals surface area contributed by atoms with Gasteiger partial charge in [-0.05, 0) is 31.0 Å². The van der Waals surface area contributed by atoms with Crippen molar-refractivity contribution in [1.82, 2.24) is 14.1 Å². The lowest BCUT2D eigenvalue weighted by Gasteiger charge is -2.32. The highest BCUT2D eigenvalue weighted by atomic mass is 35.5. The maximum absolute atomic E-state index is 13.1. The third kappa shape index (κ3) is 4.44. The number of hydrogen-bond donors (Lipinski definition) is 0. The van der Waals surface area contributed by atoms with E-state index in [1.807, 2.05) is 0 Å². The summed E-state index contributed by atoms with van der Waals surface area (Å²) >= 11 is 6.19. The van der Waals surface area contributed by atoms with E-state index in [9.17, 15) is 18.0 Å². The van der Waals surface area contributed by atoms with Crippen LogP contribution in [0.25, 0.3) is 0 Å². The van der Waals surface area contributed by atoms with Crippen LogP contribution >= 0.6 is 11.6 Å². The highest BCUT2D eigenvalue weighted by molar-refractivity contribution is 7.89. The molecule has 1 aromatic rings. The average Bonchev–Trinajstić information content (AvgIpc) is 2.98. The third-order valence-electron chi connectivity index (χ3n) is 5.11. The molecule has 0 bridgehead atoms. The molecule has 0 unspecified atom stereocenters. The number of benzene rings is 1. The Balaban J connectivity index is 1.83. The fourth-order valence-corrected chi connectivity index (χ4v) is 5.49. The molecule has 2 aliphatic rings. The van der Waals surface area contributed by atoms with Gasteiger partial charge in [-0.15, -0.1) is 0 Å². The van der Waals surface area contributed by atoms with E-state index in [0.717, 1.165) is 32.1 Å². The fourth-order valence-electron chi connectivity index (χ4n) is 3.47. The van der Waals surface area contributed by atoms with Crippen molar-refractivity contribution < 1.29 is 18.0 Å². The maximum atomic E-state index is 13.1. The molecule has 27 heavy (non-hydrogen) atoms. The summed E-state index contributed by atoms with van der Waals surface area (Å²) in [6.45, 7) is 2.75. The molecule has 9 heteroatoms. The van der Waals surface area contributed by atoms with E-state index in [1.165, 1.54) is 16.4 Å². The van der Waals surface area contributed by atoms with E-state index < -0.39 is 10.0 Å². The van der Waals surface area contributed by atoms with Crippen molar-refractivity contribution in [3.05, 3.63) is 28.8 Å². The van der Waals surface area contributed by atoms with Gasteiger partial charge >= 0.3 is 0 Å². The molecule has 2 heterocycles. The molecule has 0 aromatic heterocycles. The summed E-state index contributed by atoms with van der Waals surface area (Å²) in [4.78, 5) is 26.8. The van der Waals surface area contributed by atoms with E-state index in [1.54, 1.807) is 15.9 Å². The molecule has 148 valence electrons. The Labute approximate surface area is 164 Å². The lowest BCUT2D eigenvalue weighted by atomic mass is 10.2. The van der Waals surface area contributed by atoms with Crippen LogP contribution in [-0.4, -0.2) is 74.1 Å². The zero-order valence-electron chi connectivity index (χ0n) is 15.1. The largest absolute Gasteiger partial charge is 0.342 e. The average molecular weight is 414 g/mol. The van der Waals surface area contributed by atoms with Crippen molar-refractivity contribution in [2.24, 2.45) is 0 Å². The van der Waals surface area contributed by atoms with Crippen molar-refractivity contribution in [3.8, 4) is 0 Å². The SMILES string of the molecule is O=CN1CCN(C(=O)c2ccc(Cl)c(S(=O)(=O)N3CCCCCC3)c2)CC1. The summed E-state index contributed by atoms with van der Waals surface area (Å²) in [6, 6.07) is 4.41. The Kier molecular flexibility index (Phi) is 6.39. The van der Waals surface area contributed by atoms with Gasteiger partial charge in [-0.25, -0.2) is 8.42 Å². The summed E-state index contributed by atoms with van der Waals surface area (Å²) < 4.78 is 27.6. The van der Waals surface area contributed by atoms with Crippen LogP contribution in [0.5, 0.6) is 0 Å². The van der Waals surface area contributed by atoms with Crippen LogP contribution in [0.3, 0.4) is 0 Å². The first-order valence-electron chi connectivity index (χ1n) is 9.22. The van der Waals surface area contributed by atoms with Gasteiger partial charge in [-0.1, -0.05) is 24.4 Å². The molecule has 2 amide bonds. The van der Waals surface area contributed by atoms with Gasteiger partial charge in [0.2, 0.25) is 16.4 Å². The van der Waals surface area contributed by atoms with Gasteiger partial charge in [0.15, 0.2) is 0 Å². The fraction of sp³-hybridized carbons (Fsp3) is 0.556. The molecule has 0 spiro atoms. The van der Waals surface area contributed by atoms with E-state index in [4.69, 9.17) is 11.6 Å². The molecule has 0 atom stereocenters. The van der Waals surface area contributed by atoms with Crippen molar-refractivity contribution in [2.75, 3.05) is 39.3 Å². The third-order valence-corrected chi connectivity index (χ3v) is 7.49. The van der Waals surface area contributed by atoms with Crippen LogP contribution in [-0.2, 0) is 14.8 Å². The minimum absolute atomic E-state index is 0.0107. The normalized spacial score (nSPS) is 19.6. The molecule has 0 saturated carbocycles. The summed E-state index contributed by atoms with van der Waals surface area (Å²) in [5.74, 6) is -0.246. The van der Waals surface area contributed by atoms with Crippen molar-refractivity contribution in [1.29, 1.82) is 0 Å². The number of piperazine rings is 1. The number of hydrogen-bond acceptors (Lipinski definition) is 4. The second-order valence-electron chi connectivity index (χ2n) is 6.90. The minimum atomic E-state index is -3.74. The molecule has 3 rings (SSSR count). The number of carbonyl (C=O) groups excluding carboxylic acids is 2. The lowest BCUT2D eigenvalue weighted by molar-refractivity contribution is -0.119. The van der Waals surface area contributed by atoms with E-state index >= 15 is 0 Å². The first-order valence-corrected chi connectivity index (χ1v) is 11.0. The summed E-state index contributed by atoms with van der Waals surface area (Å²) in [5.41, 5.74) is 0.298. The molecule has 0 aliphatic carbocycles. The standard InChI is InChI=1S/C18H24ClN3O4S/c19-16-6-5-15(18(24)21-11-9-20(14-23)10-12-21)13-17(16)27(25,26)22-7-3-1-2-4-8-22/h5-6,13-14H,1-4,7-12H2. The second-order valence-corrected chi connectivity index (χ2v) is 9.21. The zero-order valence-corrected chi connectivity index (χ0v) is 16.7. The van der Waals surface area contributed by atoms with E-state index in [2.05, 4.69) is 0 Å². The topological polar surface area (TPSA) is 78.0 Å². The van der Waals surface area contributed by atoms with Crippen LogP contribution in [0, 0.1) is 0 Å². The number of rotatable bonds is 4. The number of carbonyl (C=O) groups is 2.